The van der Waals surface area contributed by atoms with Crippen LogP contribution in [0, 0.1) is 0 Å². The fourth-order valence-electron chi connectivity index (χ4n) is 2.73. The van der Waals surface area contributed by atoms with E-state index in [9.17, 15) is 5.11 Å². The van der Waals surface area contributed by atoms with Crippen molar-refractivity contribution in [3.63, 3.8) is 0 Å². The molecule has 0 aromatic heterocycles. The first-order valence-electron chi connectivity index (χ1n) is 8.84. The molecule has 4 nitrogen and oxygen atoms in total. The molecule has 0 saturated heterocycles. The molecule has 0 aliphatic carbocycles. The second-order valence-corrected chi connectivity index (χ2v) is 6.26. The minimum absolute atomic E-state index is 0.365. The van der Waals surface area contributed by atoms with Gasteiger partial charge in [0.1, 0.15) is 18.4 Å². The molecular formula is C19H34NO3+. The van der Waals surface area contributed by atoms with Crippen LogP contribution in [-0.4, -0.2) is 44.1 Å². The number of benzene rings is 1. The Morgan fingerprint density at radius 2 is 1.96 bits per heavy atom. The van der Waals surface area contributed by atoms with Crippen LogP contribution < -0.4 is 9.64 Å². The maximum atomic E-state index is 10.3. The maximum Gasteiger partial charge on any atom is 0.126 e. The van der Waals surface area contributed by atoms with Gasteiger partial charge in [0, 0.05) is 5.56 Å². The Balaban J connectivity index is 2.40. The lowest BCUT2D eigenvalue weighted by Gasteiger charge is -2.27. The summed E-state index contributed by atoms with van der Waals surface area (Å²) < 4.78 is 11.0. The maximum absolute atomic E-state index is 10.3. The summed E-state index contributed by atoms with van der Waals surface area (Å²) in [4.78, 5) is 1.47. The van der Waals surface area contributed by atoms with Crippen LogP contribution in [0.2, 0.25) is 0 Å². The first kappa shape index (κ1) is 19.9. The number of aliphatic hydroxyl groups excluding tert-OH is 1. The Kier molecular flexibility index (Phi) is 9.92. The standard InChI is InChI=1S/C19H33NO3/c1-5-7-12-20(16(3)6-2)13-18(21)15-23-14-17-10-8-9-11-19(17)22-4/h8-11,16,18,21H,5-7,12-15H2,1-4H3/p+1/t16-,18+/m0/s1. The highest BCUT2D eigenvalue weighted by Crippen LogP contribution is 2.17. The predicted octanol–water partition coefficient (Wildman–Crippen LogP) is 2.06. The Morgan fingerprint density at radius 1 is 1.22 bits per heavy atom. The van der Waals surface area contributed by atoms with Crippen molar-refractivity contribution < 1.29 is 19.5 Å². The molecule has 0 heterocycles. The van der Waals surface area contributed by atoms with Gasteiger partial charge in [-0.25, -0.2) is 0 Å². The summed E-state index contributed by atoms with van der Waals surface area (Å²) in [6.07, 6.45) is 3.10. The van der Waals surface area contributed by atoms with Crippen LogP contribution >= 0.6 is 0 Å². The summed E-state index contributed by atoms with van der Waals surface area (Å²) >= 11 is 0. The molecule has 0 saturated carbocycles. The second-order valence-electron chi connectivity index (χ2n) is 6.26. The van der Waals surface area contributed by atoms with Crippen LogP contribution in [0.3, 0.4) is 0 Å². The van der Waals surface area contributed by atoms with Gasteiger partial charge in [0.15, 0.2) is 0 Å². The van der Waals surface area contributed by atoms with E-state index in [4.69, 9.17) is 9.47 Å². The van der Waals surface area contributed by atoms with Gasteiger partial charge < -0.3 is 19.5 Å². The van der Waals surface area contributed by atoms with Gasteiger partial charge in [0.2, 0.25) is 0 Å². The van der Waals surface area contributed by atoms with E-state index in [0.29, 0.717) is 19.3 Å². The van der Waals surface area contributed by atoms with Crippen molar-refractivity contribution >= 4 is 0 Å². The number of hydrogen-bond donors (Lipinski definition) is 2. The smallest absolute Gasteiger partial charge is 0.126 e. The number of nitrogens with one attached hydrogen (secondary N) is 1. The van der Waals surface area contributed by atoms with Gasteiger partial charge in [0.25, 0.3) is 0 Å². The largest absolute Gasteiger partial charge is 0.496 e. The van der Waals surface area contributed by atoms with Crippen molar-refractivity contribution in [2.24, 2.45) is 0 Å². The van der Waals surface area contributed by atoms with Crippen LogP contribution in [0.1, 0.15) is 45.6 Å². The molecule has 0 spiro atoms. The van der Waals surface area contributed by atoms with Crippen molar-refractivity contribution in [2.75, 3.05) is 26.8 Å². The lowest BCUT2D eigenvalue weighted by atomic mass is 10.1. The summed E-state index contributed by atoms with van der Waals surface area (Å²) in [7, 11) is 1.66. The van der Waals surface area contributed by atoms with Gasteiger partial charge in [0.05, 0.1) is 32.9 Å². The van der Waals surface area contributed by atoms with E-state index >= 15 is 0 Å². The second kappa shape index (κ2) is 11.4. The molecule has 1 rings (SSSR count). The molecule has 0 fully saturated rings. The van der Waals surface area contributed by atoms with Crippen molar-refractivity contribution in [1.82, 2.24) is 0 Å². The molecule has 2 N–H and O–H groups in total. The Bertz CT molecular complexity index is 425. The number of unbranched alkanes of at least 4 members (excludes halogenated alkanes) is 1. The molecule has 1 unspecified atom stereocenters. The van der Waals surface area contributed by atoms with Gasteiger partial charge in [-0.1, -0.05) is 38.5 Å². The first-order chi connectivity index (χ1) is 11.1. The Labute approximate surface area is 141 Å². The number of para-hydroxylation sites is 1. The van der Waals surface area contributed by atoms with Crippen molar-refractivity contribution in [2.45, 2.75) is 58.8 Å². The molecule has 3 atom stereocenters. The van der Waals surface area contributed by atoms with E-state index < -0.39 is 6.10 Å². The number of rotatable bonds is 12. The van der Waals surface area contributed by atoms with Gasteiger partial charge in [-0.2, -0.15) is 0 Å². The van der Waals surface area contributed by atoms with E-state index in [1.165, 1.54) is 17.7 Å². The quantitative estimate of drug-likeness (QED) is 0.618. The SMILES string of the molecule is CCCC[NH+](C[C@@H](O)COCc1ccccc1OC)[C@@H](C)CC. The molecule has 23 heavy (non-hydrogen) atoms. The highest BCUT2D eigenvalue weighted by atomic mass is 16.5. The molecule has 4 heteroatoms. The molecule has 1 aromatic rings. The third kappa shape index (κ3) is 7.34. The molecule has 0 radical (unpaired) electrons. The molecule has 0 aliphatic heterocycles. The van der Waals surface area contributed by atoms with Crippen molar-refractivity contribution in [3.05, 3.63) is 29.8 Å². The van der Waals surface area contributed by atoms with E-state index in [1.807, 2.05) is 24.3 Å². The molecule has 1 aromatic carbocycles. The van der Waals surface area contributed by atoms with Gasteiger partial charge >= 0.3 is 0 Å². The fourth-order valence-corrected chi connectivity index (χ4v) is 2.73. The fraction of sp³-hybridized carbons (Fsp3) is 0.684. The number of hydrogen-bond acceptors (Lipinski definition) is 3. The van der Waals surface area contributed by atoms with E-state index in [0.717, 1.165) is 30.8 Å². The summed E-state index contributed by atoms with van der Waals surface area (Å²) in [5, 5.41) is 10.3. The zero-order valence-corrected chi connectivity index (χ0v) is 15.2. The number of aliphatic hydroxyl groups is 1. The molecule has 0 amide bonds. The topological polar surface area (TPSA) is 43.1 Å². The number of ether oxygens (including phenoxy) is 2. The molecule has 132 valence electrons. The van der Waals surface area contributed by atoms with Crippen LogP contribution in [0.5, 0.6) is 5.75 Å². The monoisotopic (exact) mass is 324 g/mol. The number of quaternary nitrogens is 1. The van der Waals surface area contributed by atoms with E-state index in [-0.39, 0.29) is 0 Å². The lowest BCUT2D eigenvalue weighted by Crippen LogP contribution is -3.16. The summed E-state index contributed by atoms with van der Waals surface area (Å²) in [6.45, 7) is 9.38. The van der Waals surface area contributed by atoms with Crippen LogP contribution in [0.15, 0.2) is 24.3 Å². The zero-order chi connectivity index (χ0) is 17.1. The molecule has 0 bridgehead atoms. The van der Waals surface area contributed by atoms with Gasteiger partial charge in [-0.05, 0) is 25.8 Å². The normalized spacial score (nSPS) is 15.2. The van der Waals surface area contributed by atoms with Gasteiger partial charge in [-0.3, -0.25) is 0 Å². The lowest BCUT2D eigenvalue weighted by molar-refractivity contribution is -0.926. The minimum Gasteiger partial charge on any atom is -0.496 e. The summed E-state index contributed by atoms with van der Waals surface area (Å²) in [5.41, 5.74) is 1.01. The Hall–Kier alpha value is -1.10. The summed E-state index contributed by atoms with van der Waals surface area (Å²) in [6, 6.07) is 8.40. The average Bonchev–Trinajstić information content (AvgIpc) is 2.58. The van der Waals surface area contributed by atoms with Crippen LogP contribution in [-0.2, 0) is 11.3 Å². The molecular weight excluding hydrogens is 290 g/mol. The van der Waals surface area contributed by atoms with E-state index in [1.54, 1.807) is 7.11 Å². The van der Waals surface area contributed by atoms with Crippen LogP contribution in [0.25, 0.3) is 0 Å². The van der Waals surface area contributed by atoms with E-state index in [2.05, 4.69) is 20.8 Å². The predicted molar refractivity (Wildman–Crippen MR) is 94.0 cm³/mol. The van der Waals surface area contributed by atoms with Gasteiger partial charge in [-0.15, -0.1) is 0 Å². The third-order valence-electron chi connectivity index (χ3n) is 4.42. The average molecular weight is 324 g/mol. The van der Waals surface area contributed by atoms with Crippen molar-refractivity contribution in [3.8, 4) is 5.75 Å². The van der Waals surface area contributed by atoms with Crippen molar-refractivity contribution in [1.29, 1.82) is 0 Å². The number of methoxy groups -OCH3 is 1. The van der Waals surface area contributed by atoms with Crippen LogP contribution in [0.4, 0.5) is 0 Å². The Morgan fingerprint density at radius 3 is 2.61 bits per heavy atom. The minimum atomic E-state index is -0.425. The zero-order valence-electron chi connectivity index (χ0n) is 15.2. The molecule has 0 aliphatic rings. The third-order valence-corrected chi connectivity index (χ3v) is 4.42. The highest BCUT2D eigenvalue weighted by molar-refractivity contribution is 5.32. The summed E-state index contributed by atoms with van der Waals surface area (Å²) in [5.74, 6) is 0.830. The highest BCUT2D eigenvalue weighted by Gasteiger charge is 2.19. The first-order valence-corrected chi connectivity index (χ1v) is 8.84.